The Hall–Kier alpha value is -0.930. The van der Waals surface area contributed by atoms with Crippen molar-refractivity contribution in [3.05, 3.63) is 30.1 Å². The largest absolute Gasteiger partial charge is 0.380 e. The minimum Gasteiger partial charge on any atom is -0.380 e. The van der Waals surface area contributed by atoms with Crippen molar-refractivity contribution < 1.29 is 4.74 Å². The van der Waals surface area contributed by atoms with Crippen LogP contribution in [0.25, 0.3) is 0 Å². The van der Waals surface area contributed by atoms with Crippen LogP contribution in [-0.4, -0.2) is 24.7 Å². The lowest BCUT2D eigenvalue weighted by molar-refractivity contribution is 0.149. The molecule has 0 aliphatic carbocycles. The lowest BCUT2D eigenvalue weighted by Gasteiger charge is -2.03. The molecule has 0 radical (unpaired) electrons. The highest BCUT2D eigenvalue weighted by atomic mass is 16.5. The van der Waals surface area contributed by atoms with Crippen molar-refractivity contribution in [3.8, 4) is 0 Å². The number of ether oxygens (including phenoxy) is 1. The molecule has 0 fully saturated rings. The molecule has 0 unspecified atom stereocenters. The summed E-state index contributed by atoms with van der Waals surface area (Å²) < 4.78 is 5.19. The Bertz CT molecular complexity index is 213. The van der Waals surface area contributed by atoms with Crippen molar-refractivity contribution in [2.24, 2.45) is 0 Å². The van der Waals surface area contributed by atoms with Crippen molar-refractivity contribution in [1.82, 2.24) is 10.3 Å². The fourth-order valence-corrected chi connectivity index (χ4v) is 1.02. The molecule has 0 amide bonds. The number of nitrogens with zero attached hydrogens (tertiary/aromatic N) is 1. The van der Waals surface area contributed by atoms with E-state index in [4.69, 9.17) is 4.74 Å². The molecule has 0 atom stereocenters. The maximum Gasteiger partial charge on any atom is 0.0590 e. The summed E-state index contributed by atoms with van der Waals surface area (Å²) in [4.78, 5) is 4.03. The molecule has 1 aromatic rings. The van der Waals surface area contributed by atoms with Gasteiger partial charge in [-0.05, 0) is 18.6 Å². The van der Waals surface area contributed by atoms with E-state index in [0.717, 1.165) is 26.3 Å². The van der Waals surface area contributed by atoms with Crippen LogP contribution in [0.1, 0.15) is 12.5 Å². The highest BCUT2D eigenvalue weighted by Gasteiger charge is 1.90. The van der Waals surface area contributed by atoms with E-state index in [0.29, 0.717) is 0 Å². The van der Waals surface area contributed by atoms with Crippen LogP contribution in [0.3, 0.4) is 0 Å². The Labute approximate surface area is 79.1 Å². The summed E-state index contributed by atoms with van der Waals surface area (Å²) in [6.45, 7) is 5.32. The van der Waals surface area contributed by atoms with Gasteiger partial charge in [-0.3, -0.25) is 4.98 Å². The third-order valence-corrected chi connectivity index (χ3v) is 1.68. The van der Waals surface area contributed by atoms with E-state index < -0.39 is 0 Å². The first-order chi connectivity index (χ1) is 6.43. The van der Waals surface area contributed by atoms with E-state index in [1.165, 1.54) is 5.56 Å². The van der Waals surface area contributed by atoms with E-state index in [-0.39, 0.29) is 0 Å². The summed E-state index contributed by atoms with van der Waals surface area (Å²) in [7, 11) is 0. The van der Waals surface area contributed by atoms with Gasteiger partial charge in [0.25, 0.3) is 0 Å². The summed E-state index contributed by atoms with van der Waals surface area (Å²) in [5, 5.41) is 3.27. The number of hydrogen-bond donors (Lipinski definition) is 1. The van der Waals surface area contributed by atoms with Crippen LogP contribution in [0.15, 0.2) is 24.5 Å². The van der Waals surface area contributed by atoms with Crippen LogP contribution in [0.2, 0.25) is 0 Å². The molecule has 0 aromatic carbocycles. The van der Waals surface area contributed by atoms with Gasteiger partial charge in [0.15, 0.2) is 0 Å². The van der Waals surface area contributed by atoms with Gasteiger partial charge in [0.05, 0.1) is 6.61 Å². The maximum absolute atomic E-state index is 5.19. The van der Waals surface area contributed by atoms with Crippen LogP contribution in [0.5, 0.6) is 0 Å². The van der Waals surface area contributed by atoms with Gasteiger partial charge in [0.1, 0.15) is 0 Å². The third kappa shape index (κ3) is 4.60. The Morgan fingerprint density at radius 2 is 2.46 bits per heavy atom. The highest BCUT2D eigenvalue weighted by molar-refractivity contribution is 5.07. The molecule has 1 heterocycles. The lowest BCUT2D eigenvalue weighted by Crippen LogP contribution is -2.19. The SMILES string of the molecule is CCOCCNCc1cccnc1. The molecule has 1 aromatic heterocycles. The predicted octanol–water partition coefficient (Wildman–Crippen LogP) is 1.21. The minimum absolute atomic E-state index is 0.775. The molecule has 0 bridgehead atoms. The van der Waals surface area contributed by atoms with Crippen molar-refractivity contribution in [1.29, 1.82) is 0 Å². The standard InChI is InChI=1S/C10H16N2O/c1-2-13-7-6-12-9-10-4-3-5-11-8-10/h3-5,8,12H,2,6-7,9H2,1H3. The summed E-state index contributed by atoms with van der Waals surface area (Å²) in [6, 6.07) is 4.00. The number of rotatable bonds is 6. The summed E-state index contributed by atoms with van der Waals surface area (Å²) in [5.41, 5.74) is 1.21. The number of nitrogens with one attached hydrogen (secondary N) is 1. The first-order valence-corrected chi connectivity index (χ1v) is 4.61. The molecule has 0 saturated heterocycles. The molecule has 0 aliphatic rings. The van der Waals surface area contributed by atoms with E-state index in [1.807, 2.05) is 19.2 Å². The van der Waals surface area contributed by atoms with Crippen molar-refractivity contribution in [2.45, 2.75) is 13.5 Å². The van der Waals surface area contributed by atoms with Crippen LogP contribution < -0.4 is 5.32 Å². The second-order valence-corrected chi connectivity index (χ2v) is 2.73. The third-order valence-electron chi connectivity index (χ3n) is 1.68. The van der Waals surface area contributed by atoms with Crippen LogP contribution in [0.4, 0.5) is 0 Å². The van der Waals surface area contributed by atoms with Gasteiger partial charge in [-0.15, -0.1) is 0 Å². The van der Waals surface area contributed by atoms with Gasteiger partial charge < -0.3 is 10.1 Å². The molecule has 0 spiro atoms. The van der Waals surface area contributed by atoms with Gasteiger partial charge in [-0.1, -0.05) is 6.07 Å². The monoisotopic (exact) mass is 180 g/mol. The summed E-state index contributed by atoms with van der Waals surface area (Å²) in [5.74, 6) is 0. The fraction of sp³-hybridized carbons (Fsp3) is 0.500. The molecule has 3 heteroatoms. The van der Waals surface area contributed by atoms with Crippen molar-refractivity contribution >= 4 is 0 Å². The topological polar surface area (TPSA) is 34.1 Å². The van der Waals surface area contributed by atoms with Crippen molar-refractivity contribution in [2.75, 3.05) is 19.8 Å². The van der Waals surface area contributed by atoms with E-state index in [9.17, 15) is 0 Å². The molecule has 1 N–H and O–H groups in total. The Balaban J connectivity index is 2.07. The molecule has 0 saturated carbocycles. The Morgan fingerprint density at radius 1 is 1.54 bits per heavy atom. The van der Waals surface area contributed by atoms with Gasteiger partial charge in [-0.25, -0.2) is 0 Å². The second kappa shape index (κ2) is 6.57. The Morgan fingerprint density at radius 3 is 3.15 bits per heavy atom. The zero-order valence-electron chi connectivity index (χ0n) is 7.99. The molecule has 0 aliphatic heterocycles. The quantitative estimate of drug-likeness (QED) is 0.668. The smallest absolute Gasteiger partial charge is 0.0590 e. The molecule has 3 nitrogen and oxygen atoms in total. The second-order valence-electron chi connectivity index (χ2n) is 2.73. The minimum atomic E-state index is 0.775. The molecular weight excluding hydrogens is 164 g/mol. The van der Waals surface area contributed by atoms with Gasteiger partial charge in [0.2, 0.25) is 0 Å². The zero-order chi connectivity index (χ0) is 9.36. The van der Waals surface area contributed by atoms with Crippen LogP contribution in [0, 0.1) is 0 Å². The van der Waals surface area contributed by atoms with Crippen molar-refractivity contribution in [3.63, 3.8) is 0 Å². The molecular formula is C10H16N2O. The molecule has 1 rings (SSSR count). The number of hydrogen-bond acceptors (Lipinski definition) is 3. The number of pyridine rings is 1. The van der Waals surface area contributed by atoms with E-state index in [1.54, 1.807) is 6.20 Å². The maximum atomic E-state index is 5.19. The molecule has 13 heavy (non-hydrogen) atoms. The van der Waals surface area contributed by atoms with Gasteiger partial charge in [-0.2, -0.15) is 0 Å². The zero-order valence-corrected chi connectivity index (χ0v) is 7.99. The van der Waals surface area contributed by atoms with E-state index in [2.05, 4.69) is 16.4 Å². The van der Waals surface area contributed by atoms with Gasteiger partial charge in [0, 0.05) is 32.1 Å². The first kappa shape index (κ1) is 10.2. The average Bonchev–Trinajstić information content (AvgIpc) is 2.19. The molecule has 72 valence electrons. The van der Waals surface area contributed by atoms with Gasteiger partial charge >= 0.3 is 0 Å². The summed E-state index contributed by atoms with van der Waals surface area (Å²) in [6.07, 6.45) is 3.65. The highest BCUT2D eigenvalue weighted by Crippen LogP contribution is 1.93. The van der Waals surface area contributed by atoms with Crippen LogP contribution >= 0.6 is 0 Å². The van der Waals surface area contributed by atoms with E-state index >= 15 is 0 Å². The normalized spacial score (nSPS) is 10.2. The first-order valence-electron chi connectivity index (χ1n) is 4.61. The van der Waals surface area contributed by atoms with Crippen LogP contribution in [-0.2, 0) is 11.3 Å². The number of aromatic nitrogens is 1. The average molecular weight is 180 g/mol. The summed E-state index contributed by atoms with van der Waals surface area (Å²) >= 11 is 0. The lowest BCUT2D eigenvalue weighted by atomic mass is 10.3. The predicted molar refractivity (Wildman–Crippen MR) is 52.4 cm³/mol. The Kier molecular flexibility index (Phi) is 5.13. The fourth-order valence-electron chi connectivity index (χ4n) is 1.02.